The number of halogens is 1. The Morgan fingerprint density at radius 1 is 0.600 bits per heavy atom. The van der Waals surface area contributed by atoms with Gasteiger partial charge in [-0.15, -0.1) is 0 Å². The fourth-order valence-electron chi connectivity index (χ4n) is 3.04. The lowest BCUT2D eigenvalue weighted by Gasteiger charge is -2.10. The zero-order valence-corrected chi connectivity index (χ0v) is 11.2. The maximum atomic E-state index is 13.6. The van der Waals surface area contributed by atoms with Crippen LogP contribution < -0.4 is 0 Å². The third-order valence-corrected chi connectivity index (χ3v) is 3.95. The Kier molecular flexibility index (Phi) is 2.31. The van der Waals surface area contributed by atoms with Crippen molar-refractivity contribution in [3.63, 3.8) is 0 Å². The van der Waals surface area contributed by atoms with Gasteiger partial charge in [0, 0.05) is 0 Å². The average Bonchev–Trinajstić information content (AvgIpc) is 2.47. The Morgan fingerprint density at radius 2 is 1.15 bits per heavy atom. The highest BCUT2D eigenvalue weighted by Crippen LogP contribution is 2.35. The van der Waals surface area contributed by atoms with Gasteiger partial charge in [0.1, 0.15) is 5.82 Å². The molecular formula is C19H13F. The average molecular weight is 260 g/mol. The van der Waals surface area contributed by atoms with Gasteiger partial charge in [0.05, 0.1) is 0 Å². The number of hydrogen-bond donors (Lipinski definition) is 0. The summed E-state index contributed by atoms with van der Waals surface area (Å²) in [7, 11) is 0. The molecule has 0 aliphatic carbocycles. The molecule has 4 aromatic carbocycles. The summed E-state index contributed by atoms with van der Waals surface area (Å²) < 4.78 is 13.6. The second kappa shape index (κ2) is 4.04. The molecule has 0 unspecified atom stereocenters. The van der Waals surface area contributed by atoms with Crippen molar-refractivity contribution >= 4 is 32.3 Å². The van der Waals surface area contributed by atoms with Gasteiger partial charge in [0.15, 0.2) is 0 Å². The van der Waals surface area contributed by atoms with Crippen molar-refractivity contribution in [1.29, 1.82) is 0 Å². The normalized spacial score (nSPS) is 11.5. The van der Waals surface area contributed by atoms with E-state index in [2.05, 4.69) is 43.3 Å². The minimum absolute atomic E-state index is 0.186. The van der Waals surface area contributed by atoms with Crippen LogP contribution >= 0.6 is 0 Å². The number of fused-ring (bicyclic) bond motifs is 6. The molecule has 0 spiro atoms. The quantitative estimate of drug-likeness (QED) is 0.361. The molecule has 0 atom stereocenters. The maximum absolute atomic E-state index is 13.6. The van der Waals surface area contributed by atoms with Crippen LogP contribution in [0.2, 0.25) is 0 Å². The van der Waals surface area contributed by atoms with E-state index in [-0.39, 0.29) is 5.82 Å². The highest BCUT2D eigenvalue weighted by atomic mass is 19.1. The summed E-state index contributed by atoms with van der Waals surface area (Å²) in [6, 6.07) is 19.8. The van der Waals surface area contributed by atoms with E-state index in [1.165, 1.54) is 27.8 Å². The van der Waals surface area contributed by atoms with Crippen LogP contribution in [-0.4, -0.2) is 0 Å². The van der Waals surface area contributed by atoms with Crippen LogP contribution in [-0.2, 0) is 0 Å². The Bertz CT molecular complexity index is 929. The molecule has 4 aromatic rings. The predicted molar refractivity (Wildman–Crippen MR) is 83.7 cm³/mol. The minimum Gasteiger partial charge on any atom is -0.207 e. The second-order valence-electron chi connectivity index (χ2n) is 5.28. The third-order valence-electron chi connectivity index (χ3n) is 3.95. The molecule has 0 aliphatic heterocycles. The predicted octanol–water partition coefficient (Wildman–Crippen LogP) is 5.59. The van der Waals surface area contributed by atoms with E-state index in [0.717, 1.165) is 16.2 Å². The van der Waals surface area contributed by atoms with E-state index < -0.39 is 0 Å². The molecule has 0 nitrogen and oxygen atoms in total. The Hall–Kier alpha value is -2.41. The molecule has 0 aromatic heterocycles. The van der Waals surface area contributed by atoms with Gasteiger partial charge >= 0.3 is 0 Å². The molecule has 4 rings (SSSR count). The van der Waals surface area contributed by atoms with Crippen LogP contribution in [0.5, 0.6) is 0 Å². The second-order valence-corrected chi connectivity index (χ2v) is 5.28. The van der Waals surface area contributed by atoms with Crippen molar-refractivity contribution in [2.24, 2.45) is 0 Å². The maximum Gasteiger partial charge on any atom is 0.123 e. The molecule has 96 valence electrons. The lowest BCUT2D eigenvalue weighted by Crippen LogP contribution is -1.85. The molecule has 0 bridgehead atoms. The monoisotopic (exact) mass is 260 g/mol. The van der Waals surface area contributed by atoms with Crippen LogP contribution in [0.3, 0.4) is 0 Å². The Labute approximate surface area is 116 Å². The zero-order valence-electron chi connectivity index (χ0n) is 11.2. The highest BCUT2D eigenvalue weighted by molar-refractivity contribution is 6.25. The zero-order chi connectivity index (χ0) is 13.7. The molecule has 0 saturated carbocycles. The van der Waals surface area contributed by atoms with Gasteiger partial charge in [0.2, 0.25) is 0 Å². The van der Waals surface area contributed by atoms with Gasteiger partial charge in [-0.3, -0.25) is 0 Å². The molecule has 0 amide bonds. The first kappa shape index (κ1) is 11.4. The first-order valence-corrected chi connectivity index (χ1v) is 6.74. The topological polar surface area (TPSA) is 0 Å². The molecule has 0 aliphatic rings. The first-order valence-electron chi connectivity index (χ1n) is 6.74. The van der Waals surface area contributed by atoms with Gasteiger partial charge in [-0.2, -0.15) is 0 Å². The van der Waals surface area contributed by atoms with Crippen molar-refractivity contribution in [1.82, 2.24) is 0 Å². The van der Waals surface area contributed by atoms with Gasteiger partial charge in [-0.25, -0.2) is 4.39 Å². The van der Waals surface area contributed by atoms with Crippen molar-refractivity contribution < 1.29 is 4.39 Å². The van der Waals surface area contributed by atoms with E-state index in [0.29, 0.717) is 0 Å². The lowest BCUT2D eigenvalue weighted by atomic mass is 9.93. The summed E-state index contributed by atoms with van der Waals surface area (Å²) >= 11 is 0. The third kappa shape index (κ3) is 1.53. The van der Waals surface area contributed by atoms with Crippen LogP contribution in [0, 0.1) is 12.7 Å². The van der Waals surface area contributed by atoms with Gasteiger partial charge < -0.3 is 0 Å². The fourth-order valence-corrected chi connectivity index (χ4v) is 3.04. The molecular weight excluding hydrogens is 247 g/mol. The summed E-state index contributed by atoms with van der Waals surface area (Å²) in [5.41, 5.74) is 1.22. The van der Waals surface area contributed by atoms with Crippen LogP contribution in [0.1, 0.15) is 5.56 Å². The number of aryl methyl sites for hydroxylation is 1. The summed E-state index contributed by atoms with van der Waals surface area (Å²) in [6.07, 6.45) is 0. The van der Waals surface area contributed by atoms with Gasteiger partial charge in [-0.1, -0.05) is 54.1 Å². The van der Waals surface area contributed by atoms with E-state index in [1.54, 1.807) is 6.07 Å². The standard InChI is InChI=1S/C19H13F/c1-12-6-8-17-18(10-12)15-5-3-2-4-14(15)16-9-7-13(20)11-19(16)17/h2-11H,1H3. The van der Waals surface area contributed by atoms with Crippen molar-refractivity contribution in [2.75, 3.05) is 0 Å². The minimum atomic E-state index is -0.186. The fraction of sp³-hybridized carbons (Fsp3) is 0.0526. The summed E-state index contributed by atoms with van der Waals surface area (Å²) in [5.74, 6) is -0.186. The molecule has 0 heterocycles. The van der Waals surface area contributed by atoms with Crippen LogP contribution in [0.15, 0.2) is 60.7 Å². The lowest BCUT2D eigenvalue weighted by molar-refractivity contribution is 0.630. The Morgan fingerprint density at radius 3 is 1.95 bits per heavy atom. The van der Waals surface area contributed by atoms with Gasteiger partial charge in [-0.05, 0) is 51.4 Å². The Balaban J connectivity index is 2.40. The van der Waals surface area contributed by atoms with E-state index >= 15 is 0 Å². The largest absolute Gasteiger partial charge is 0.207 e. The smallest absolute Gasteiger partial charge is 0.123 e. The van der Waals surface area contributed by atoms with E-state index in [4.69, 9.17) is 0 Å². The summed E-state index contributed by atoms with van der Waals surface area (Å²) in [4.78, 5) is 0. The molecule has 1 heteroatoms. The van der Waals surface area contributed by atoms with Crippen LogP contribution in [0.25, 0.3) is 32.3 Å². The molecule has 0 radical (unpaired) electrons. The highest BCUT2D eigenvalue weighted by Gasteiger charge is 2.08. The molecule has 0 fully saturated rings. The number of hydrogen-bond acceptors (Lipinski definition) is 0. The summed E-state index contributed by atoms with van der Waals surface area (Å²) in [6.45, 7) is 2.09. The van der Waals surface area contributed by atoms with Crippen molar-refractivity contribution in [3.8, 4) is 0 Å². The number of benzene rings is 4. The SMILES string of the molecule is Cc1ccc2c(c1)c1ccccc1c1ccc(F)cc12. The van der Waals surface area contributed by atoms with E-state index in [9.17, 15) is 4.39 Å². The van der Waals surface area contributed by atoms with E-state index in [1.807, 2.05) is 12.1 Å². The van der Waals surface area contributed by atoms with Crippen molar-refractivity contribution in [2.45, 2.75) is 6.92 Å². The molecule has 0 saturated heterocycles. The van der Waals surface area contributed by atoms with Crippen LogP contribution in [0.4, 0.5) is 4.39 Å². The molecule has 20 heavy (non-hydrogen) atoms. The van der Waals surface area contributed by atoms with Gasteiger partial charge in [0.25, 0.3) is 0 Å². The number of rotatable bonds is 0. The van der Waals surface area contributed by atoms with Crippen molar-refractivity contribution in [3.05, 3.63) is 72.0 Å². The summed E-state index contributed by atoms with van der Waals surface area (Å²) in [5, 5.41) is 6.81. The molecule has 0 N–H and O–H groups in total. The first-order chi connectivity index (χ1) is 9.74.